The van der Waals surface area contributed by atoms with Crippen molar-refractivity contribution in [3.05, 3.63) is 90.5 Å². The van der Waals surface area contributed by atoms with Crippen molar-refractivity contribution < 1.29 is 17.9 Å². The predicted molar refractivity (Wildman–Crippen MR) is 119 cm³/mol. The van der Waals surface area contributed by atoms with Crippen molar-refractivity contribution in [2.45, 2.75) is 4.90 Å². The van der Waals surface area contributed by atoms with Gasteiger partial charge < -0.3 is 10.1 Å². The van der Waals surface area contributed by atoms with Crippen molar-refractivity contribution in [1.29, 1.82) is 0 Å². The third-order valence-corrected chi connectivity index (χ3v) is 6.21. The second-order valence-corrected chi connectivity index (χ2v) is 8.37. The van der Waals surface area contributed by atoms with Crippen LogP contribution < -0.4 is 14.4 Å². The number of nitrogens with one attached hydrogen (secondary N) is 1. The van der Waals surface area contributed by atoms with Crippen LogP contribution in [0.5, 0.6) is 5.75 Å². The van der Waals surface area contributed by atoms with E-state index in [2.05, 4.69) is 5.32 Å². The zero-order valence-electron chi connectivity index (χ0n) is 16.6. The van der Waals surface area contributed by atoms with Crippen molar-refractivity contribution in [3.8, 4) is 5.75 Å². The maximum Gasteiger partial charge on any atom is 0.264 e. The van der Waals surface area contributed by atoms with Crippen LogP contribution in [0.1, 0.15) is 5.56 Å². The van der Waals surface area contributed by atoms with E-state index in [1.165, 1.54) is 29.6 Å². The number of hydrogen-bond donors (Lipinski definition) is 1. The number of nitrogens with zero attached hydrogens (tertiary/aromatic N) is 1. The minimum absolute atomic E-state index is 0.0837. The molecular weight excluding hydrogens is 400 g/mol. The lowest BCUT2D eigenvalue weighted by molar-refractivity contribution is -0.111. The van der Waals surface area contributed by atoms with Gasteiger partial charge in [0.2, 0.25) is 5.91 Å². The Bertz CT molecular complexity index is 1160. The van der Waals surface area contributed by atoms with Crippen molar-refractivity contribution in [2.75, 3.05) is 23.8 Å². The summed E-state index contributed by atoms with van der Waals surface area (Å²) in [6, 6.07) is 22.3. The zero-order chi connectivity index (χ0) is 21.6. The van der Waals surface area contributed by atoms with E-state index >= 15 is 0 Å². The van der Waals surface area contributed by atoms with E-state index in [9.17, 15) is 13.2 Å². The van der Waals surface area contributed by atoms with Gasteiger partial charge in [0.05, 0.1) is 17.7 Å². The first-order valence-corrected chi connectivity index (χ1v) is 10.6. The molecular formula is C23H22N2O4S. The summed E-state index contributed by atoms with van der Waals surface area (Å²) in [6.45, 7) is 0. The number of hydrogen-bond acceptors (Lipinski definition) is 4. The fourth-order valence-corrected chi connectivity index (χ4v) is 4.06. The van der Waals surface area contributed by atoms with E-state index in [0.717, 1.165) is 5.56 Å². The Hall–Kier alpha value is -3.58. The molecule has 0 unspecified atom stereocenters. The van der Waals surface area contributed by atoms with Crippen LogP contribution in [0.3, 0.4) is 0 Å². The third-order valence-electron chi connectivity index (χ3n) is 4.43. The van der Waals surface area contributed by atoms with Crippen molar-refractivity contribution in [2.24, 2.45) is 0 Å². The molecule has 3 aromatic carbocycles. The van der Waals surface area contributed by atoms with E-state index in [-0.39, 0.29) is 10.8 Å². The number of benzene rings is 3. The summed E-state index contributed by atoms with van der Waals surface area (Å²) in [7, 11) is -0.714. The topological polar surface area (TPSA) is 75.7 Å². The monoisotopic (exact) mass is 422 g/mol. The Morgan fingerprint density at radius 2 is 1.67 bits per heavy atom. The van der Waals surface area contributed by atoms with Crippen molar-refractivity contribution in [1.82, 2.24) is 0 Å². The van der Waals surface area contributed by atoms with Gasteiger partial charge in [-0.1, -0.05) is 42.5 Å². The number of carbonyl (C=O) groups is 1. The highest BCUT2D eigenvalue weighted by molar-refractivity contribution is 7.92. The molecule has 6 nitrogen and oxygen atoms in total. The third kappa shape index (κ3) is 4.87. The van der Waals surface area contributed by atoms with Gasteiger partial charge >= 0.3 is 0 Å². The second-order valence-electron chi connectivity index (χ2n) is 6.40. The highest BCUT2D eigenvalue weighted by atomic mass is 32.2. The molecule has 0 spiro atoms. The average Bonchev–Trinajstić information content (AvgIpc) is 2.78. The molecule has 0 aromatic heterocycles. The Balaban J connectivity index is 1.77. The van der Waals surface area contributed by atoms with Crippen LogP contribution in [-0.2, 0) is 14.8 Å². The molecule has 0 fully saturated rings. The molecule has 1 amide bonds. The minimum atomic E-state index is -3.77. The molecule has 30 heavy (non-hydrogen) atoms. The molecule has 0 radical (unpaired) electrons. The Morgan fingerprint density at radius 3 is 2.40 bits per heavy atom. The highest BCUT2D eigenvalue weighted by Gasteiger charge is 2.21. The van der Waals surface area contributed by atoms with Gasteiger partial charge in [-0.25, -0.2) is 8.42 Å². The van der Waals surface area contributed by atoms with Gasteiger partial charge in [-0.2, -0.15) is 0 Å². The molecule has 0 bridgehead atoms. The fourth-order valence-electron chi connectivity index (χ4n) is 2.82. The normalized spacial score (nSPS) is 11.3. The molecule has 0 aliphatic heterocycles. The first-order valence-electron chi connectivity index (χ1n) is 9.18. The summed E-state index contributed by atoms with van der Waals surface area (Å²) in [4.78, 5) is 12.4. The first-order chi connectivity index (χ1) is 14.4. The van der Waals surface area contributed by atoms with Crippen LogP contribution in [0, 0.1) is 0 Å². The zero-order valence-corrected chi connectivity index (χ0v) is 17.5. The quantitative estimate of drug-likeness (QED) is 0.580. The summed E-state index contributed by atoms with van der Waals surface area (Å²) in [6.07, 6.45) is 3.01. The van der Waals surface area contributed by atoms with Gasteiger partial charge in [-0.3, -0.25) is 9.10 Å². The van der Waals surface area contributed by atoms with Crippen molar-refractivity contribution >= 4 is 33.4 Å². The Morgan fingerprint density at radius 1 is 0.967 bits per heavy atom. The number of amides is 1. The van der Waals surface area contributed by atoms with Gasteiger partial charge in [0.25, 0.3) is 10.0 Å². The number of sulfonamides is 1. The standard InChI is InChI=1S/C23H22N2O4S/c1-25(20-11-4-3-5-12-20)30(27,28)21-13-8-10-19(17-21)24-23(26)16-15-18-9-6-7-14-22(18)29-2/h3-17H,1-2H3,(H,24,26)/b16-15+. The summed E-state index contributed by atoms with van der Waals surface area (Å²) in [5.74, 6) is 0.269. The van der Waals surface area contributed by atoms with Crippen LogP contribution in [0.4, 0.5) is 11.4 Å². The van der Waals surface area contributed by atoms with E-state index < -0.39 is 10.0 Å². The first kappa shape index (κ1) is 21.1. The molecule has 7 heteroatoms. The maximum atomic E-state index is 12.9. The maximum absolute atomic E-state index is 12.9. The van der Waals surface area contributed by atoms with E-state index in [0.29, 0.717) is 17.1 Å². The van der Waals surface area contributed by atoms with E-state index in [1.807, 2.05) is 24.3 Å². The van der Waals surface area contributed by atoms with E-state index in [1.54, 1.807) is 55.7 Å². The number of carbonyl (C=O) groups excluding carboxylic acids is 1. The molecule has 3 aromatic rings. The summed E-state index contributed by atoms with van der Waals surface area (Å²) in [5.41, 5.74) is 1.69. The predicted octanol–water partition coefficient (Wildman–Crippen LogP) is 4.17. The number of anilines is 2. The molecule has 0 aliphatic rings. The molecule has 0 saturated heterocycles. The number of ether oxygens (including phenoxy) is 1. The minimum Gasteiger partial charge on any atom is -0.496 e. The second kappa shape index (κ2) is 9.28. The van der Waals surface area contributed by atoms with Gasteiger partial charge in [-0.05, 0) is 42.5 Å². The van der Waals surface area contributed by atoms with Crippen LogP contribution >= 0.6 is 0 Å². The van der Waals surface area contributed by atoms with Crippen LogP contribution in [0.25, 0.3) is 6.08 Å². The van der Waals surface area contributed by atoms with Crippen LogP contribution in [0.15, 0.2) is 89.8 Å². The Kier molecular flexibility index (Phi) is 6.54. The molecule has 0 atom stereocenters. The summed E-state index contributed by atoms with van der Waals surface area (Å²) >= 11 is 0. The molecule has 3 rings (SSSR count). The molecule has 0 heterocycles. The van der Waals surface area contributed by atoms with Gasteiger partial charge in [-0.15, -0.1) is 0 Å². The lowest BCUT2D eigenvalue weighted by Gasteiger charge is -2.19. The highest BCUT2D eigenvalue weighted by Crippen LogP contribution is 2.24. The Labute approximate surface area is 176 Å². The smallest absolute Gasteiger partial charge is 0.264 e. The molecule has 1 N–H and O–H groups in total. The SMILES string of the molecule is COc1ccccc1/C=C/C(=O)Nc1cccc(S(=O)(=O)N(C)c2ccccc2)c1. The van der Waals surface area contributed by atoms with Crippen LogP contribution in [-0.4, -0.2) is 28.5 Å². The van der Waals surface area contributed by atoms with Gasteiger partial charge in [0.1, 0.15) is 5.75 Å². The fraction of sp³-hybridized carbons (Fsp3) is 0.0870. The van der Waals surface area contributed by atoms with Crippen LogP contribution in [0.2, 0.25) is 0 Å². The molecule has 0 saturated carbocycles. The number of rotatable bonds is 7. The lowest BCUT2D eigenvalue weighted by atomic mass is 10.2. The van der Waals surface area contributed by atoms with Crippen molar-refractivity contribution in [3.63, 3.8) is 0 Å². The van der Waals surface area contributed by atoms with Gasteiger partial charge in [0, 0.05) is 24.4 Å². The van der Waals surface area contributed by atoms with Gasteiger partial charge in [0.15, 0.2) is 0 Å². The van der Waals surface area contributed by atoms with E-state index in [4.69, 9.17) is 4.74 Å². The summed E-state index contributed by atoms with van der Waals surface area (Å²) in [5, 5.41) is 2.69. The lowest BCUT2D eigenvalue weighted by Crippen LogP contribution is -2.26. The largest absolute Gasteiger partial charge is 0.496 e. The number of methoxy groups -OCH3 is 1. The average molecular weight is 423 g/mol. The number of para-hydroxylation sites is 2. The summed E-state index contributed by atoms with van der Waals surface area (Å²) < 4.78 is 32.3. The molecule has 154 valence electrons. The molecule has 0 aliphatic carbocycles.